The number of carboxylic acid groups (broad SMARTS) is 1. The molecular formula is C10H16N2O4. The Morgan fingerprint density at radius 3 is 2.44 bits per heavy atom. The number of likely N-dealkylation sites (tertiary alicyclic amines) is 1. The predicted octanol–water partition coefficient (Wildman–Crippen LogP) is -0.556. The zero-order chi connectivity index (χ0) is 12.5. The third kappa shape index (κ3) is 2.15. The highest BCUT2D eigenvalue weighted by molar-refractivity contribution is 6.02. The van der Waals surface area contributed by atoms with Crippen molar-refractivity contribution in [3.8, 4) is 0 Å². The van der Waals surface area contributed by atoms with Gasteiger partial charge in [0.05, 0.1) is 0 Å². The van der Waals surface area contributed by atoms with Crippen molar-refractivity contribution < 1.29 is 19.5 Å². The maximum Gasteiger partial charge on any atom is 0.318 e. The molecule has 0 saturated carbocycles. The van der Waals surface area contributed by atoms with Crippen LogP contribution in [0.3, 0.4) is 0 Å². The second-order valence-corrected chi connectivity index (χ2v) is 4.50. The predicted molar refractivity (Wildman–Crippen MR) is 55.6 cm³/mol. The lowest BCUT2D eigenvalue weighted by Gasteiger charge is -2.20. The molecule has 6 nitrogen and oxygen atoms in total. The third-order valence-corrected chi connectivity index (χ3v) is 2.84. The molecular weight excluding hydrogens is 212 g/mol. The minimum absolute atomic E-state index is 0.172. The van der Waals surface area contributed by atoms with Crippen LogP contribution in [-0.2, 0) is 14.4 Å². The average molecular weight is 228 g/mol. The van der Waals surface area contributed by atoms with Crippen molar-refractivity contribution in [3.05, 3.63) is 0 Å². The van der Waals surface area contributed by atoms with Crippen LogP contribution in [0.25, 0.3) is 0 Å². The van der Waals surface area contributed by atoms with Crippen molar-refractivity contribution in [2.45, 2.75) is 26.3 Å². The van der Waals surface area contributed by atoms with Crippen molar-refractivity contribution in [2.75, 3.05) is 13.6 Å². The number of nitrogens with zero attached hydrogens (tertiary/aromatic N) is 1. The van der Waals surface area contributed by atoms with Gasteiger partial charge in [0.15, 0.2) is 0 Å². The summed E-state index contributed by atoms with van der Waals surface area (Å²) in [7, 11) is 1.65. The number of likely N-dealkylation sites (N-methyl/N-ethyl adjacent to an activating group) is 1. The molecule has 1 fully saturated rings. The van der Waals surface area contributed by atoms with Gasteiger partial charge >= 0.3 is 5.97 Å². The fraction of sp³-hybridized carbons (Fsp3) is 0.700. The van der Waals surface area contributed by atoms with Gasteiger partial charge in [-0.2, -0.15) is 0 Å². The first-order valence-electron chi connectivity index (χ1n) is 5.06. The highest BCUT2D eigenvalue weighted by atomic mass is 16.4. The number of rotatable bonds is 3. The zero-order valence-corrected chi connectivity index (χ0v) is 9.61. The number of hydrogen-bond acceptors (Lipinski definition) is 3. The van der Waals surface area contributed by atoms with Crippen LogP contribution in [-0.4, -0.2) is 47.4 Å². The fourth-order valence-corrected chi connectivity index (χ4v) is 1.39. The Morgan fingerprint density at radius 1 is 1.50 bits per heavy atom. The molecule has 2 N–H and O–H groups in total. The fourth-order valence-electron chi connectivity index (χ4n) is 1.39. The van der Waals surface area contributed by atoms with Crippen LogP contribution in [0.15, 0.2) is 0 Å². The number of aliphatic carboxylic acids is 1. The van der Waals surface area contributed by atoms with E-state index in [9.17, 15) is 14.4 Å². The third-order valence-electron chi connectivity index (χ3n) is 2.84. The van der Waals surface area contributed by atoms with Gasteiger partial charge in [-0.1, -0.05) is 0 Å². The quantitative estimate of drug-likeness (QED) is 0.634. The molecule has 1 saturated heterocycles. The Morgan fingerprint density at radius 2 is 2.06 bits per heavy atom. The first-order valence-corrected chi connectivity index (χ1v) is 5.06. The van der Waals surface area contributed by atoms with Crippen LogP contribution in [0.5, 0.6) is 0 Å². The van der Waals surface area contributed by atoms with E-state index in [1.54, 1.807) is 7.05 Å². The Balaban J connectivity index is 2.66. The molecule has 0 radical (unpaired) electrons. The molecule has 1 atom stereocenters. The van der Waals surface area contributed by atoms with Gasteiger partial charge in [-0.3, -0.25) is 14.4 Å². The zero-order valence-electron chi connectivity index (χ0n) is 9.61. The summed E-state index contributed by atoms with van der Waals surface area (Å²) in [5.41, 5.74) is -1.51. The van der Waals surface area contributed by atoms with Crippen LogP contribution >= 0.6 is 0 Å². The number of amides is 2. The highest BCUT2D eigenvalue weighted by Gasteiger charge is 2.39. The lowest BCUT2D eigenvalue weighted by Crippen LogP contribution is -2.49. The van der Waals surface area contributed by atoms with Gasteiger partial charge in [0, 0.05) is 13.6 Å². The summed E-state index contributed by atoms with van der Waals surface area (Å²) in [4.78, 5) is 35.5. The molecule has 1 aliphatic rings. The van der Waals surface area contributed by atoms with E-state index < -0.39 is 23.3 Å². The number of nitrogens with one attached hydrogen (secondary N) is 1. The second kappa shape index (κ2) is 4.11. The minimum atomic E-state index is -1.51. The van der Waals surface area contributed by atoms with Gasteiger partial charge in [0.2, 0.25) is 11.8 Å². The lowest BCUT2D eigenvalue weighted by atomic mass is 9.92. The molecule has 0 aromatic rings. The Hall–Kier alpha value is -1.59. The summed E-state index contributed by atoms with van der Waals surface area (Å²) in [5, 5.41) is 11.3. The van der Waals surface area contributed by atoms with Crippen molar-refractivity contribution in [3.63, 3.8) is 0 Å². The maximum atomic E-state index is 11.7. The van der Waals surface area contributed by atoms with Gasteiger partial charge in [-0.25, -0.2) is 0 Å². The van der Waals surface area contributed by atoms with Crippen LogP contribution in [0.2, 0.25) is 0 Å². The van der Waals surface area contributed by atoms with Gasteiger partial charge in [-0.05, 0) is 20.3 Å². The number of carbonyl (C=O) groups excluding carboxylic acids is 2. The summed E-state index contributed by atoms with van der Waals surface area (Å²) in [6.07, 6.45) is 0.525. The van der Waals surface area contributed by atoms with Crippen molar-refractivity contribution in [2.24, 2.45) is 5.41 Å². The van der Waals surface area contributed by atoms with E-state index in [1.165, 1.54) is 18.7 Å². The van der Waals surface area contributed by atoms with Crippen LogP contribution < -0.4 is 5.32 Å². The molecule has 0 bridgehead atoms. The van der Waals surface area contributed by atoms with E-state index in [0.29, 0.717) is 13.0 Å². The minimum Gasteiger partial charge on any atom is -0.480 e. The maximum absolute atomic E-state index is 11.7. The average Bonchev–Trinajstić information content (AvgIpc) is 2.49. The summed E-state index contributed by atoms with van der Waals surface area (Å²) in [6, 6.07) is -0.587. The molecule has 0 aliphatic carbocycles. The van der Waals surface area contributed by atoms with E-state index in [0.717, 1.165) is 0 Å². The summed E-state index contributed by atoms with van der Waals surface area (Å²) >= 11 is 0. The molecule has 1 heterocycles. The van der Waals surface area contributed by atoms with E-state index in [1.807, 2.05) is 0 Å². The van der Waals surface area contributed by atoms with Gasteiger partial charge in [-0.15, -0.1) is 0 Å². The largest absolute Gasteiger partial charge is 0.480 e. The molecule has 1 unspecified atom stereocenters. The molecule has 2 amide bonds. The first-order chi connectivity index (χ1) is 7.26. The second-order valence-electron chi connectivity index (χ2n) is 4.50. The normalized spacial score (nSPS) is 21.1. The summed E-state index contributed by atoms with van der Waals surface area (Å²) < 4.78 is 0. The summed E-state index contributed by atoms with van der Waals surface area (Å²) in [5.74, 6) is -2.01. The standard InChI is InChI=1S/C10H16N2O4/c1-10(2,9(15)16)8(14)11-6-4-5-12(3)7(6)13/h6H,4-5H2,1-3H3,(H,11,14)(H,15,16). The van der Waals surface area contributed by atoms with Gasteiger partial charge in [0.25, 0.3) is 0 Å². The number of carboxylic acids is 1. The Labute approximate surface area is 93.6 Å². The SMILES string of the molecule is CN1CCC(NC(=O)C(C)(C)C(=O)O)C1=O. The molecule has 6 heteroatoms. The van der Waals surface area contributed by atoms with Gasteiger partial charge in [0.1, 0.15) is 11.5 Å². The molecule has 0 aromatic carbocycles. The van der Waals surface area contributed by atoms with E-state index in [2.05, 4.69) is 5.32 Å². The molecule has 0 aromatic heterocycles. The molecule has 0 spiro atoms. The summed E-state index contributed by atoms with van der Waals surface area (Å²) in [6.45, 7) is 3.21. The van der Waals surface area contributed by atoms with E-state index >= 15 is 0 Å². The van der Waals surface area contributed by atoms with Crippen molar-refractivity contribution >= 4 is 17.8 Å². The molecule has 90 valence electrons. The lowest BCUT2D eigenvalue weighted by molar-refractivity contribution is -0.154. The van der Waals surface area contributed by atoms with E-state index in [4.69, 9.17) is 5.11 Å². The highest BCUT2D eigenvalue weighted by Crippen LogP contribution is 2.17. The Bertz CT molecular complexity index is 338. The number of carbonyl (C=O) groups is 3. The van der Waals surface area contributed by atoms with Crippen molar-refractivity contribution in [1.82, 2.24) is 10.2 Å². The van der Waals surface area contributed by atoms with Crippen LogP contribution in [0, 0.1) is 5.41 Å². The van der Waals surface area contributed by atoms with Gasteiger partial charge < -0.3 is 15.3 Å². The first kappa shape index (κ1) is 12.5. The topological polar surface area (TPSA) is 86.7 Å². The van der Waals surface area contributed by atoms with Crippen molar-refractivity contribution in [1.29, 1.82) is 0 Å². The van der Waals surface area contributed by atoms with Crippen LogP contribution in [0.1, 0.15) is 20.3 Å². The smallest absolute Gasteiger partial charge is 0.318 e. The number of hydrogen-bond donors (Lipinski definition) is 2. The molecule has 1 aliphatic heterocycles. The Kier molecular flexibility index (Phi) is 3.21. The molecule has 1 rings (SSSR count). The van der Waals surface area contributed by atoms with E-state index in [-0.39, 0.29) is 5.91 Å². The van der Waals surface area contributed by atoms with Crippen LogP contribution in [0.4, 0.5) is 0 Å². The monoisotopic (exact) mass is 228 g/mol. The molecule has 16 heavy (non-hydrogen) atoms.